The highest BCUT2D eigenvalue weighted by atomic mass is 32.1. The highest BCUT2D eigenvalue weighted by molar-refractivity contribution is 7.16. The molecule has 1 aliphatic carbocycles. The average molecular weight is 373 g/mol. The maximum absolute atomic E-state index is 12.6. The third-order valence-electron chi connectivity index (χ3n) is 4.59. The van der Waals surface area contributed by atoms with E-state index in [0.717, 1.165) is 29.7 Å². The van der Waals surface area contributed by atoms with Crippen LogP contribution >= 0.6 is 11.3 Å². The third-order valence-corrected chi connectivity index (χ3v) is 5.56. The number of nitrogens with zero attached hydrogens (tertiary/aromatic N) is 1. The predicted molar refractivity (Wildman–Crippen MR) is 102 cm³/mol. The lowest BCUT2D eigenvalue weighted by atomic mass is 9.86. The van der Waals surface area contributed by atoms with Crippen LogP contribution in [0, 0.1) is 5.92 Å². The van der Waals surface area contributed by atoms with Gasteiger partial charge in [-0.15, -0.1) is 11.3 Å². The van der Waals surface area contributed by atoms with Crippen molar-refractivity contribution in [2.24, 2.45) is 11.7 Å². The average Bonchev–Trinajstić information content (AvgIpc) is 3.04. The lowest BCUT2D eigenvalue weighted by Crippen LogP contribution is -2.34. The molecule has 0 bridgehead atoms. The van der Waals surface area contributed by atoms with Gasteiger partial charge in [0.15, 0.2) is 5.13 Å². The molecule has 1 aromatic heterocycles. The number of anilines is 1. The van der Waals surface area contributed by atoms with Crippen molar-refractivity contribution in [2.45, 2.75) is 38.1 Å². The van der Waals surface area contributed by atoms with Gasteiger partial charge >= 0.3 is 5.97 Å². The number of thiazole rings is 1. The summed E-state index contributed by atoms with van der Waals surface area (Å²) in [5.74, 6) is -0.452. The summed E-state index contributed by atoms with van der Waals surface area (Å²) in [6, 6.07) is 9.70. The number of nitrogens with two attached hydrogens (primary N) is 1. The van der Waals surface area contributed by atoms with E-state index < -0.39 is 0 Å². The van der Waals surface area contributed by atoms with Crippen molar-refractivity contribution in [1.29, 1.82) is 0 Å². The largest absolute Gasteiger partial charge is 0.469 e. The predicted octanol–water partition coefficient (Wildman–Crippen LogP) is 2.98. The summed E-state index contributed by atoms with van der Waals surface area (Å²) in [6.07, 6.45) is 3.63. The Balaban J connectivity index is 1.81. The van der Waals surface area contributed by atoms with Gasteiger partial charge in [0.2, 0.25) is 5.91 Å². The van der Waals surface area contributed by atoms with Crippen molar-refractivity contribution in [3.8, 4) is 11.3 Å². The molecule has 3 N–H and O–H groups in total. The summed E-state index contributed by atoms with van der Waals surface area (Å²) in [6.45, 7) is 0. The Kier molecular flexibility index (Phi) is 6.00. The maximum atomic E-state index is 12.6. The van der Waals surface area contributed by atoms with E-state index in [0.29, 0.717) is 17.2 Å². The van der Waals surface area contributed by atoms with Crippen LogP contribution in [0.5, 0.6) is 0 Å². The van der Waals surface area contributed by atoms with Gasteiger partial charge in [-0.2, -0.15) is 0 Å². The number of rotatable bonds is 5. The van der Waals surface area contributed by atoms with Gasteiger partial charge in [0.1, 0.15) is 0 Å². The maximum Gasteiger partial charge on any atom is 0.310 e. The van der Waals surface area contributed by atoms with E-state index in [1.54, 1.807) is 0 Å². The van der Waals surface area contributed by atoms with Crippen molar-refractivity contribution < 1.29 is 14.3 Å². The molecule has 1 amide bonds. The molecule has 3 rings (SSSR count). The number of esters is 1. The zero-order valence-corrected chi connectivity index (χ0v) is 15.6. The molecule has 138 valence electrons. The number of methoxy groups -OCH3 is 1. The number of aromatic nitrogens is 1. The van der Waals surface area contributed by atoms with E-state index >= 15 is 0 Å². The van der Waals surface area contributed by atoms with Crippen molar-refractivity contribution >= 4 is 28.3 Å². The van der Waals surface area contributed by atoms with Crippen LogP contribution in [0.4, 0.5) is 5.13 Å². The lowest BCUT2D eigenvalue weighted by Gasteiger charge is -2.25. The monoisotopic (exact) mass is 373 g/mol. The molecule has 26 heavy (non-hydrogen) atoms. The molecular formula is C19H23N3O3S. The Morgan fingerprint density at radius 3 is 2.77 bits per heavy atom. The second kappa shape index (κ2) is 8.42. The molecule has 1 fully saturated rings. The van der Waals surface area contributed by atoms with Crippen LogP contribution in [0.15, 0.2) is 30.3 Å². The molecule has 1 saturated carbocycles. The molecule has 2 atom stereocenters. The van der Waals surface area contributed by atoms with E-state index in [1.807, 2.05) is 30.3 Å². The zero-order chi connectivity index (χ0) is 18.5. The van der Waals surface area contributed by atoms with E-state index in [4.69, 9.17) is 10.5 Å². The van der Waals surface area contributed by atoms with Gasteiger partial charge in [0, 0.05) is 22.4 Å². The fourth-order valence-corrected chi connectivity index (χ4v) is 4.20. The summed E-state index contributed by atoms with van der Waals surface area (Å²) < 4.78 is 4.78. The van der Waals surface area contributed by atoms with Gasteiger partial charge in [-0.1, -0.05) is 36.8 Å². The zero-order valence-electron chi connectivity index (χ0n) is 14.7. The molecule has 0 aliphatic heterocycles. The first-order valence-electron chi connectivity index (χ1n) is 8.75. The summed E-state index contributed by atoms with van der Waals surface area (Å²) in [5.41, 5.74) is 7.60. The standard InChI is InChI=1S/C19H23N3O3S/c1-25-16(23)11-15-17(12-6-3-2-4-7-12)21-19(26-15)22-18(24)13-8-5-9-14(20)10-13/h2-4,6-7,13-14H,5,8-11,20H2,1H3,(H,21,22,24). The molecule has 2 unspecified atom stereocenters. The Labute approximate surface area is 156 Å². The highest BCUT2D eigenvalue weighted by Gasteiger charge is 2.26. The van der Waals surface area contributed by atoms with Gasteiger partial charge in [0.25, 0.3) is 0 Å². The number of carbonyl (C=O) groups excluding carboxylic acids is 2. The molecule has 1 aliphatic rings. The van der Waals surface area contributed by atoms with Crippen molar-refractivity contribution in [1.82, 2.24) is 4.98 Å². The van der Waals surface area contributed by atoms with Crippen LogP contribution in [0.1, 0.15) is 30.6 Å². The fourth-order valence-electron chi connectivity index (χ4n) is 3.22. The molecule has 0 spiro atoms. The number of hydrogen-bond donors (Lipinski definition) is 2. The first kappa shape index (κ1) is 18.5. The fraction of sp³-hybridized carbons (Fsp3) is 0.421. The van der Waals surface area contributed by atoms with Crippen LogP contribution in [-0.4, -0.2) is 30.0 Å². The van der Waals surface area contributed by atoms with Crippen molar-refractivity contribution in [3.05, 3.63) is 35.2 Å². The van der Waals surface area contributed by atoms with Gasteiger partial charge in [0.05, 0.1) is 19.2 Å². The molecule has 0 radical (unpaired) electrons. The molecule has 7 heteroatoms. The Bertz CT molecular complexity index is 776. The number of hydrogen-bond acceptors (Lipinski definition) is 6. The van der Waals surface area contributed by atoms with Gasteiger partial charge in [-0.3, -0.25) is 9.59 Å². The molecule has 2 aromatic rings. The quantitative estimate of drug-likeness (QED) is 0.786. The van der Waals surface area contributed by atoms with Gasteiger partial charge in [-0.05, 0) is 19.3 Å². The first-order valence-corrected chi connectivity index (χ1v) is 9.57. The van der Waals surface area contributed by atoms with Crippen LogP contribution in [0.25, 0.3) is 11.3 Å². The minimum atomic E-state index is -0.332. The first-order chi connectivity index (χ1) is 12.6. The van der Waals surface area contributed by atoms with Crippen molar-refractivity contribution in [3.63, 3.8) is 0 Å². The number of amides is 1. The van der Waals surface area contributed by atoms with E-state index in [-0.39, 0.29) is 30.3 Å². The SMILES string of the molecule is COC(=O)Cc1sc(NC(=O)C2CCCC(N)C2)nc1-c1ccccc1. The molecule has 1 aromatic carbocycles. The van der Waals surface area contributed by atoms with Crippen LogP contribution in [0.2, 0.25) is 0 Å². The van der Waals surface area contributed by atoms with E-state index in [1.165, 1.54) is 18.4 Å². The smallest absolute Gasteiger partial charge is 0.310 e. The van der Waals surface area contributed by atoms with Gasteiger partial charge < -0.3 is 15.8 Å². The summed E-state index contributed by atoms with van der Waals surface area (Å²) in [7, 11) is 1.36. The Morgan fingerprint density at radius 1 is 1.31 bits per heavy atom. The van der Waals surface area contributed by atoms with Crippen LogP contribution in [0.3, 0.4) is 0 Å². The van der Waals surface area contributed by atoms with Crippen LogP contribution in [-0.2, 0) is 20.7 Å². The van der Waals surface area contributed by atoms with Crippen LogP contribution < -0.4 is 11.1 Å². The number of nitrogens with one attached hydrogen (secondary N) is 1. The van der Waals surface area contributed by atoms with Crippen molar-refractivity contribution in [2.75, 3.05) is 12.4 Å². The molecular weight excluding hydrogens is 350 g/mol. The molecule has 1 heterocycles. The summed E-state index contributed by atoms with van der Waals surface area (Å²) in [4.78, 5) is 29.6. The van der Waals surface area contributed by atoms with E-state index in [2.05, 4.69) is 10.3 Å². The summed E-state index contributed by atoms with van der Waals surface area (Å²) in [5, 5.41) is 3.42. The molecule has 0 saturated heterocycles. The summed E-state index contributed by atoms with van der Waals surface area (Å²) >= 11 is 1.32. The minimum absolute atomic E-state index is 0.0434. The second-order valence-electron chi connectivity index (χ2n) is 6.52. The second-order valence-corrected chi connectivity index (χ2v) is 7.61. The topological polar surface area (TPSA) is 94.3 Å². The van der Waals surface area contributed by atoms with Gasteiger partial charge in [-0.25, -0.2) is 4.98 Å². The highest BCUT2D eigenvalue weighted by Crippen LogP contribution is 2.33. The number of benzene rings is 1. The number of ether oxygens (including phenoxy) is 1. The Morgan fingerprint density at radius 2 is 2.08 bits per heavy atom. The minimum Gasteiger partial charge on any atom is -0.469 e. The number of carbonyl (C=O) groups is 2. The lowest BCUT2D eigenvalue weighted by molar-refractivity contribution is -0.139. The van der Waals surface area contributed by atoms with E-state index in [9.17, 15) is 9.59 Å². The third kappa shape index (κ3) is 4.47. The Hall–Kier alpha value is -2.25. The normalized spacial score (nSPS) is 19.8. The molecule has 6 nitrogen and oxygen atoms in total.